The van der Waals surface area contributed by atoms with Crippen molar-refractivity contribution in [3.05, 3.63) is 117 Å². The van der Waals surface area contributed by atoms with E-state index in [0.717, 1.165) is 24.3 Å². The highest BCUT2D eigenvalue weighted by Gasteiger charge is 2.32. The Labute approximate surface area is 253 Å². The van der Waals surface area contributed by atoms with E-state index in [1.807, 2.05) is 0 Å². The minimum Gasteiger partial charge on any atom is -0.368 e. The quantitative estimate of drug-likeness (QED) is 0.188. The highest BCUT2D eigenvalue weighted by Crippen LogP contribution is 2.32. The van der Waals surface area contributed by atoms with Crippen molar-refractivity contribution in [1.29, 1.82) is 0 Å². The number of hydrogen-bond donors (Lipinski definition) is 0. The Kier molecular flexibility index (Phi) is 9.26. The first-order valence-electron chi connectivity index (χ1n) is 13.6. The molecule has 1 aliphatic rings. The first-order chi connectivity index (χ1) is 20.9. The van der Waals surface area contributed by atoms with Crippen LogP contribution in [-0.4, -0.2) is 46.9 Å². The lowest BCUT2D eigenvalue weighted by Gasteiger charge is -2.36. The Hall–Kier alpha value is -3.97. The zero-order valence-electron chi connectivity index (χ0n) is 23.2. The normalized spacial score (nSPS) is 14.4. The Morgan fingerprint density at radius 2 is 1.45 bits per heavy atom. The minimum absolute atomic E-state index is 0.0820. The van der Waals surface area contributed by atoms with Crippen LogP contribution in [0, 0.1) is 5.82 Å². The summed E-state index contributed by atoms with van der Waals surface area (Å²) in [6, 6.07) is 16.1. The lowest BCUT2D eigenvalue weighted by molar-refractivity contribution is -0.138. The summed E-state index contributed by atoms with van der Waals surface area (Å²) < 4.78 is 93.8. The van der Waals surface area contributed by atoms with E-state index >= 15 is 0 Å². The van der Waals surface area contributed by atoms with Crippen LogP contribution >= 0.6 is 11.3 Å². The predicted molar refractivity (Wildman–Crippen MR) is 152 cm³/mol. The van der Waals surface area contributed by atoms with Crippen molar-refractivity contribution in [3.63, 3.8) is 0 Å². The van der Waals surface area contributed by atoms with Crippen molar-refractivity contribution in [3.8, 4) is 0 Å². The van der Waals surface area contributed by atoms with E-state index in [9.17, 15) is 35.5 Å². The number of alkyl halides is 6. The van der Waals surface area contributed by atoms with Crippen molar-refractivity contribution in [2.45, 2.75) is 32.0 Å². The third-order valence-corrected chi connectivity index (χ3v) is 8.08. The highest BCUT2D eigenvalue weighted by molar-refractivity contribution is 7.09. The average Bonchev–Trinajstić information content (AvgIpc) is 3.46. The fourth-order valence-corrected chi connectivity index (χ4v) is 5.83. The number of rotatable bonds is 8. The summed E-state index contributed by atoms with van der Waals surface area (Å²) in [6.07, 6.45) is -8.95. The van der Waals surface area contributed by atoms with Gasteiger partial charge in [0.15, 0.2) is 0 Å². The maximum atomic E-state index is 14.5. The molecule has 1 aromatic heterocycles. The van der Waals surface area contributed by atoms with Crippen LogP contribution in [0.3, 0.4) is 0 Å². The van der Waals surface area contributed by atoms with Crippen LogP contribution in [-0.2, 0) is 32.0 Å². The molecule has 0 N–H and O–H groups in total. The van der Waals surface area contributed by atoms with Gasteiger partial charge in [-0.15, -0.1) is 11.3 Å². The van der Waals surface area contributed by atoms with Crippen molar-refractivity contribution >= 4 is 22.9 Å². The zero-order valence-corrected chi connectivity index (χ0v) is 24.0. The summed E-state index contributed by atoms with van der Waals surface area (Å²) in [7, 11) is 0. The molecule has 5 nitrogen and oxygen atoms in total. The number of anilines is 1. The first-order valence-corrected chi connectivity index (χ1v) is 14.5. The third-order valence-electron chi connectivity index (χ3n) is 7.25. The number of piperazine rings is 1. The number of hydrogen-bond acceptors (Lipinski definition) is 5. The molecule has 1 amide bonds. The number of carbonyl (C=O) groups is 1. The van der Waals surface area contributed by atoms with Crippen molar-refractivity contribution in [2.75, 3.05) is 31.1 Å². The molecule has 4 aromatic rings. The number of amides is 1. The standard InChI is InChI=1S/C31H27F7N4OS/c32-26-10-2-1-6-22(26)18-40(17-21-5-3-7-23(15-21)30(33,34)35)19-28-39-27(20-44-28)29(43)42-13-11-41(12-14-42)25-9-4-8-24(16-25)31(36,37)38/h1-10,15-16,20H,11-14,17-19H2. The number of benzene rings is 3. The lowest BCUT2D eigenvalue weighted by Crippen LogP contribution is -2.49. The molecular weight excluding hydrogens is 609 g/mol. The lowest BCUT2D eigenvalue weighted by atomic mass is 10.1. The van der Waals surface area contributed by atoms with E-state index in [1.54, 1.807) is 50.4 Å². The Morgan fingerprint density at radius 3 is 2.14 bits per heavy atom. The first kappa shape index (κ1) is 31.5. The Bertz CT molecular complexity index is 1600. The molecule has 1 aliphatic heterocycles. The van der Waals surface area contributed by atoms with Gasteiger partial charge in [-0.3, -0.25) is 9.69 Å². The molecule has 232 valence electrons. The van der Waals surface area contributed by atoms with Gasteiger partial charge in [0.25, 0.3) is 5.91 Å². The van der Waals surface area contributed by atoms with Crippen molar-refractivity contribution < 1.29 is 35.5 Å². The van der Waals surface area contributed by atoms with Gasteiger partial charge in [0.2, 0.25) is 0 Å². The van der Waals surface area contributed by atoms with E-state index in [2.05, 4.69) is 4.98 Å². The molecule has 0 radical (unpaired) electrons. The van der Waals surface area contributed by atoms with Crippen LogP contribution in [0.4, 0.5) is 36.4 Å². The number of halogens is 7. The minimum atomic E-state index is -4.50. The predicted octanol–water partition coefficient (Wildman–Crippen LogP) is 7.48. The van der Waals surface area contributed by atoms with Gasteiger partial charge in [0.1, 0.15) is 16.5 Å². The molecule has 0 spiro atoms. The summed E-state index contributed by atoms with van der Waals surface area (Å²) in [5.74, 6) is -0.768. The number of thiazole rings is 1. The molecule has 0 bridgehead atoms. The largest absolute Gasteiger partial charge is 0.416 e. The van der Waals surface area contributed by atoms with E-state index in [4.69, 9.17) is 0 Å². The second kappa shape index (κ2) is 12.9. The van der Waals surface area contributed by atoms with Crippen molar-refractivity contribution in [2.24, 2.45) is 0 Å². The van der Waals surface area contributed by atoms with Crippen LogP contribution in [0.2, 0.25) is 0 Å². The van der Waals surface area contributed by atoms with Crippen molar-refractivity contribution in [1.82, 2.24) is 14.8 Å². The summed E-state index contributed by atoms with van der Waals surface area (Å²) in [4.78, 5) is 22.8. The van der Waals surface area contributed by atoms with E-state index in [1.165, 1.54) is 29.5 Å². The highest BCUT2D eigenvalue weighted by atomic mass is 32.1. The SMILES string of the molecule is O=C(c1csc(CN(Cc2cccc(C(F)(F)F)c2)Cc2ccccc2F)n1)N1CCN(c2cccc(C(F)(F)F)c2)CC1. The van der Waals surface area contributed by atoms with Gasteiger partial charge < -0.3 is 9.80 Å². The second-order valence-electron chi connectivity index (χ2n) is 10.4. The van der Waals surface area contributed by atoms with Gasteiger partial charge in [-0.25, -0.2) is 9.37 Å². The smallest absolute Gasteiger partial charge is 0.368 e. The summed E-state index contributed by atoms with van der Waals surface area (Å²) in [5.41, 5.74) is -0.133. The van der Waals surface area contributed by atoms with Crippen LogP contribution in [0.5, 0.6) is 0 Å². The fraction of sp³-hybridized carbons (Fsp3) is 0.290. The Morgan fingerprint density at radius 1 is 0.795 bits per heavy atom. The molecular formula is C31H27F7N4OS. The molecule has 0 aliphatic carbocycles. The van der Waals surface area contributed by atoms with Gasteiger partial charge >= 0.3 is 12.4 Å². The maximum Gasteiger partial charge on any atom is 0.416 e. The molecule has 2 heterocycles. The molecule has 13 heteroatoms. The van der Waals surface area contributed by atoms with Crippen LogP contribution < -0.4 is 4.90 Å². The molecule has 0 unspecified atom stereocenters. The number of aromatic nitrogens is 1. The third kappa shape index (κ3) is 7.75. The van der Waals surface area contributed by atoms with Crippen LogP contribution in [0.25, 0.3) is 0 Å². The maximum absolute atomic E-state index is 14.5. The summed E-state index contributed by atoms with van der Waals surface area (Å²) in [6.45, 7) is 1.61. The summed E-state index contributed by atoms with van der Waals surface area (Å²) in [5, 5.41) is 2.13. The molecule has 3 aromatic carbocycles. The van der Waals surface area contributed by atoms with Gasteiger partial charge in [-0.05, 0) is 35.9 Å². The van der Waals surface area contributed by atoms with Gasteiger partial charge in [0, 0.05) is 55.9 Å². The topological polar surface area (TPSA) is 39.7 Å². The van der Waals surface area contributed by atoms with E-state index in [-0.39, 0.29) is 44.3 Å². The number of nitrogens with zero attached hydrogens (tertiary/aromatic N) is 4. The molecule has 0 saturated carbocycles. The van der Waals surface area contributed by atoms with Crippen LogP contribution in [0.1, 0.15) is 37.7 Å². The molecule has 0 atom stereocenters. The molecule has 5 rings (SSSR count). The van der Waals surface area contributed by atoms with E-state index < -0.39 is 29.3 Å². The van der Waals surface area contributed by atoms with E-state index in [0.29, 0.717) is 34.9 Å². The second-order valence-corrected chi connectivity index (χ2v) is 11.3. The molecule has 1 saturated heterocycles. The monoisotopic (exact) mass is 636 g/mol. The van der Waals surface area contributed by atoms with Crippen LogP contribution in [0.15, 0.2) is 78.2 Å². The fourth-order valence-electron chi connectivity index (χ4n) is 5.02. The summed E-state index contributed by atoms with van der Waals surface area (Å²) >= 11 is 1.21. The van der Waals surface area contributed by atoms with Gasteiger partial charge in [-0.2, -0.15) is 26.3 Å². The zero-order chi connectivity index (χ0) is 31.5. The van der Waals surface area contributed by atoms with Gasteiger partial charge in [-0.1, -0.05) is 42.5 Å². The van der Waals surface area contributed by atoms with Gasteiger partial charge in [0.05, 0.1) is 17.7 Å². The number of carbonyl (C=O) groups excluding carboxylic acids is 1. The average molecular weight is 637 g/mol. The molecule has 44 heavy (non-hydrogen) atoms. The Balaban J connectivity index is 1.26. The molecule has 1 fully saturated rings.